The maximum Gasteiger partial charge on any atom is 0.129 e. The summed E-state index contributed by atoms with van der Waals surface area (Å²) in [4.78, 5) is 0. The van der Waals surface area contributed by atoms with Gasteiger partial charge in [-0.2, -0.15) is 0 Å². The fourth-order valence-electron chi connectivity index (χ4n) is 3.77. The molecule has 1 N–H and O–H groups in total. The number of rotatable bonds is 1. The van der Waals surface area contributed by atoms with E-state index in [0.29, 0.717) is 0 Å². The van der Waals surface area contributed by atoms with E-state index in [9.17, 15) is 5.11 Å². The number of aliphatic hydroxyl groups excluding tert-OH is 1. The predicted octanol–water partition coefficient (Wildman–Crippen LogP) is 3.91. The molecule has 1 aromatic rings. The Morgan fingerprint density at radius 1 is 1.20 bits per heavy atom. The van der Waals surface area contributed by atoms with Crippen molar-refractivity contribution in [3.05, 3.63) is 23.3 Å². The van der Waals surface area contributed by atoms with Crippen LogP contribution >= 0.6 is 0 Å². The third-order valence-electron chi connectivity index (χ3n) is 4.80. The minimum atomic E-state index is -0.414. The highest BCUT2D eigenvalue weighted by atomic mass is 16.5. The molecular weight excluding hydrogens is 252 g/mol. The summed E-state index contributed by atoms with van der Waals surface area (Å²) in [5.74, 6) is 1.63. The Bertz CT molecular complexity index is 487. The Labute approximate surface area is 120 Å². The van der Waals surface area contributed by atoms with Crippen LogP contribution in [-0.2, 0) is 0 Å². The number of benzene rings is 1. The molecule has 0 aromatic heterocycles. The van der Waals surface area contributed by atoms with Crippen molar-refractivity contribution in [2.75, 3.05) is 7.11 Å². The molecule has 3 nitrogen and oxygen atoms in total. The normalized spacial score (nSPS) is 24.6. The van der Waals surface area contributed by atoms with Crippen molar-refractivity contribution in [1.29, 1.82) is 0 Å². The van der Waals surface area contributed by atoms with Gasteiger partial charge in [0.25, 0.3) is 0 Å². The zero-order valence-corrected chi connectivity index (χ0v) is 12.4. The second-order valence-corrected chi connectivity index (χ2v) is 6.28. The van der Waals surface area contributed by atoms with Crippen LogP contribution in [0.4, 0.5) is 0 Å². The van der Waals surface area contributed by atoms with Gasteiger partial charge in [-0.1, -0.05) is 12.8 Å². The van der Waals surface area contributed by atoms with Crippen LogP contribution in [0.3, 0.4) is 0 Å². The number of hydrogen-bond acceptors (Lipinski definition) is 3. The molecule has 1 aromatic carbocycles. The lowest BCUT2D eigenvalue weighted by Gasteiger charge is -2.41. The van der Waals surface area contributed by atoms with Crippen LogP contribution < -0.4 is 9.47 Å². The number of fused-ring (bicyclic) bond motifs is 1. The molecule has 0 saturated heterocycles. The third-order valence-corrected chi connectivity index (χ3v) is 4.80. The Balaban J connectivity index is 1.98. The quantitative estimate of drug-likeness (QED) is 0.845. The molecule has 2 aliphatic rings. The van der Waals surface area contributed by atoms with Crippen LogP contribution in [-0.4, -0.2) is 17.8 Å². The van der Waals surface area contributed by atoms with E-state index in [2.05, 4.69) is 0 Å². The van der Waals surface area contributed by atoms with Gasteiger partial charge >= 0.3 is 0 Å². The molecule has 1 unspecified atom stereocenters. The fraction of sp³-hybridized carbons (Fsp3) is 0.647. The molecule has 110 valence electrons. The molecule has 1 fully saturated rings. The fourth-order valence-corrected chi connectivity index (χ4v) is 3.77. The van der Waals surface area contributed by atoms with Crippen LogP contribution in [0.2, 0.25) is 0 Å². The van der Waals surface area contributed by atoms with Gasteiger partial charge in [0.05, 0.1) is 13.2 Å². The molecule has 3 rings (SSSR count). The zero-order chi connectivity index (χ0) is 14.2. The Kier molecular flexibility index (Phi) is 3.63. The molecule has 20 heavy (non-hydrogen) atoms. The summed E-state index contributed by atoms with van der Waals surface area (Å²) >= 11 is 0. The molecule has 0 amide bonds. The van der Waals surface area contributed by atoms with Gasteiger partial charge in [-0.3, -0.25) is 0 Å². The van der Waals surface area contributed by atoms with Gasteiger partial charge in [0, 0.05) is 18.1 Å². The van der Waals surface area contributed by atoms with Crippen molar-refractivity contribution in [1.82, 2.24) is 0 Å². The average molecular weight is 276 g/mol. The van der Waals surface area contributed by atoms with E-state index in [0.717, 1.165) is 41.9 Å². The number of hydrogen-bond donors (Lipinski definition) is 1. The summed E-state index contributed by atoms with van der Waals surface area (Å²) < 4.78 is 11.7. The smallest absolute Gasteiger partial charge is 0.129 e. The number of aliphatic hydroxyl groups is 1. The third kappa shape index (κ3) is 2.39. The first-order valence-electron chi connectivity index (χ1n) is 7.69. The highest BCUT2D eigenvalue weighted by molar-refractivity contribution is 5.49. The van der Waals surface area contributed by atoms with E-state index < -0.39 is 6.10 Å². The van der Waals surface area contributed by atoms with E-state index >= 15 is 0 Å². The van der Waals surface area contributed by atoms with Gasteiger partial charge in [0.15, 0.2) is 0 Å². The summed E-state index contributed by atoms with van der Waals surface area (Å²) in [5.41, 5.74) is 1.83. The van der Waals surface area contributed by atoms with Crippen LogP contribution in [0, 0.1) is 6.92 Å². The molecule has 1 aliphatic carbocycles. The molecule has 0 radical (unpaired) electrons. The van der Waals surface area contributed by atoms with E-state index in [1.54, 1.807) is 7.11 Å². The van der Waals surface area contributed by atoms with E-state index in [4.69, 9.17) is 9.47 Å². The number of ether oxygens (including phenoxy) is 2. The lowest BCUT2D eigenvalue weighted by molar-refractivity contribution is -0.0249. The molecule has 0 bridgehead atoms. The van der Waals surface area contributed by atoms with Crippen molar-refractivity contribution in [2.45, 2.75) is 63.6 Å². The molecule has 1 spiro atoms. The standard InChI is InChI=1S/C17H24O3/c1-12-9-13(19-2)10-15-16(12)14(18)11-17(20-15)7-5-3-4-6-8-17/h9-10,14,18H,3-8,11H2,1-2H3. The van der Waals surface area contributed by atoms with E-state index in [-0.39, 0.29) is 5.60 Å². The first-order chi connectivity index (χ1) is 9.63. The first-order valence-corrected chi connectivity index (χ1v) is 7.69. The lowest BCUT2D eigenvalue weighted by atomic mass is 9.82. The molecule has 1 heterocycles. The van der Waals surface area contributed by atoms with Crippen molar-refractivity contribution in [3.63, 3.8) is 0 Å². The van der Waals surface area contributed by atoms with Crippen molar-refractivity contribution in [2.24, 2.45) is 0 Å². The summed E-state index contributed by atoms with van der Waals surface area (Å²) in [6.07, 6.45) is 7.39. The number of aryl methyl sites for hydroxylation is 1. The molecule has 1 saturated carbocycles. The van der Waals surface area contributed by atoms with Crippen LogP contribution in [0.25, 0.3) is 0 Å². The van der Waals surface area contributed by atoms with Crippen LogP contribution in [0.1, 0.15) is 62.2 Å². The highest BCUT2D eigenvalue weighted by Crippen LogP contribution is 2.47. The van der Waals surface area contributed by atoms with Gasteiger partial charge < -0.3 is 14.6 Å². The highest BCUT2D eigenvalue weighted by Gasteiger charge is 2.41. The maximum absolute atomic E-state index is 10.6. The van der Waals surface area contributed by atoms with E-state index in [1.165, 1.54) is 25.7 Å². The Hall–Kier alpha value is -1.22. The minimum absolute atomic E-state index is 0.165. The number of methoxy groups -OCH3 is 1. The molecule has 3 heteroatoms. The summed E-state index contributed by atoms with van der Waals surface area (Å²) in [5, 5.41) is 10.6. The topological polar surface area (TPSA) is 38.7 Å². The van der Waals surface area contributed by atoms with Gasteiger partial charge in [0.1, 0.15) is 17.1 Å². The minimum Gasteiger partial charge on any atom is -0.497 e. The molecular formula is C17H24O3. The van der Waals surface area contributed by atoms with Gasteiger partial charge in [-0.15, -0.1) is 0 Å². The summed E-state index contributed by atoms with van der Waals surface area (Å²) in [7, 11) is 1.67. The lowest BCUT2D eigenvalue weighted by Crippen LogP contribution is -2.41. The monoisotopic (exact) mass is 276 g/mol. The average Bonchev–Trinajstić information content (AvgIpc) is 2.63. The van der Waals surface area contributed by atoms with Crippen molar-refractivity contribution < 1.29 is 14.6 Å². The Morgan fingerprint density at radius 2 is 1.90 bits per heavy atom. The first kappa shape index (κ1) is 13.7. The zero-order valence-electron chi connectivity index (χ0n) is 12.4. The molecule has 1 atom stereocenters. The SMILES string of the molecule is COc1cc(C)c2c(c1)OC1(CCCCCC1)CC2O. The summed E-state index contributed by atoms with van der Waals surface area (Å²) in [6.45, 7) is 2.01. The van der Waals surface area contributed by atoms with Gasteiger partial charge in [-0.25, -0.2) is 0 Å². The van der Waals surface area contributed by atoms with Gasteiger partial charge in [-0.05, 0) is 44.2 Å². The van der Waals surface area contributed by atoms with Crippen LogP contribution in [0.15, 0.2) is 12.1 Å². The maximum atomic E-state index is 10.6. The molecule has 1 aliphatic heterocycles. The van der Waals surface area contributed by atoms with Crippen molar-refractivity contribution in [3.8, 4) is 11.5 Å². The van der Waals surface area contributed by atoms with Crippen LogP contribution in [0.5, 0.6) is 11.5 Å². The summed E-state index contributed by atoms with van der Waals surface area (Å²) in [6, 6.07) is 3.90. The Morgan fingerprint density at radius 3 is 2.55 bits per heavy atom. The largest absolute Gasteiger partial charge is 0.497 e. The van der Waals surface area contributed by atoms with Gasteiger partial charge in [0.2, 0.25) is 0 Å². The predicted molar refractivity (Wildman–Crippen MR) is 78.4 cm³/mol. The van der Waals surface area contributed by atoms with E-state index in [1.807, 2.05) is 19.1 Å². The second kappa shape index (κ2) is 5.28. The van der Waals surface area contributed by atoms with Crippen molar-refractivity contribution >= 4 is 0 Å². The second-order valence-electron chi connectivity index (χ2n) is 6.28.